The second-order valence-electron chi connectivity index (χ2n) is 3.75. The Balaban J connectivity index is 2.88. The van der Waals surface area contributed by atoms with Crippen LogP contribution in [0.3, 0.4) is 0 Å². The first kappa shape index (κ1) is 15.7. The lowest BCUT2D eigenvalue weighted by Gasteiger charge is -2.13. The van der Waals surface area contributed by atoms with Crippen molar-refractivity contribution in [2.45, 2.75) is 36.0 Å². The summed E-state index contributed by atoms with van der Waals surface area (Å²) >= 11 is 0.574. The molecular weight excluding hydrogens is 285 g/mol. The summed E-state index contributed by atoms with van der Waals surface area (Å²) in [7, 11) is 0. The van der Waals surface area contributed by atoms with Crippen LogP contribution in [0, 0.1) is 0 Å². The zero-order valence-electron chi connectivity index (χ0n) is 9.76. The van der Waals surface area contributed by atoms with E-state index >= 15 is 0 Å². The zero-order valence-corrected chi connectivity index (χ0v) is 10.6. The lowest BCUT2D eigenvalue weighted by molar-refractivity contribution is -0.141. The fourth-order valence-electron chi connectivity index (χ4n) is 1.19. The van der Waals surface area contributed by atoms with Crippen LogP contribution in [-0.4, -0.2) is 37.5 Å². The molecule has 1 heterocycles. The minimum absolute atomic E-state index is 0.112. The van der Waals surface area contributed by atoms with Gasteiger partial charge in [0.15, 0.2) is 5.16 Å². The van der Waals surface area contributed by atoms with E-state index in [1.165, 1.54) is 6.92 Å². The highest BCUT2D eigenvalue weighted by Crippen LogP contribution is 2.30. The number of carbonyl (C=O) groups is 1. The van der Waals surface area contributed by atoms with Gasteiger partial charge in [-0.25, -0.2) is 9.97 Å². The summed E-state index contributed by atoms with van der Waals surface area (Å²) in [5.41, 5.74) is -1.13. The molecule has 0 radical (unpaired) electrons. The molecule has 0 fully saturated rings. The highest BCUT2D eigenvalue weighted by Gasteiger charge is 2.33. The van der Waals surface area contributed by atoms with E-state index in [2.05, 4.69) is 9.97 Å². The summed E-state index contributed by atoms with van der Waals surface area (Å²) in [6.07, 6.45) is -4.69. The predicted octanol–water partition coefficient (Wildman–Crippen LogP) is 1.81. The molecule has 0 aliphatic carbocycles. The Labute approximate surface area is 110 Å². The van der Waals surface area contributed by atoms with Crippen molar-refractivity contribution in [1.29, 1.82) is 0 Å². The van der Waals surface area contributed by atoms with Gasteiger partial charge in [0.2, 0.25) is 0 Å². The Morgan fingerprint density at radius 3 is 2.63 bits per heavy atom. The van der Waals surface area contributed by atoms with E-state index in [9.17, 15) is 18.0 Å². The SMILES string of the molecule is C[C@@H](O)C[C@@H](Sc1nccc(C(F)(F)F)n1)C(=O)O. The first-order chi connectivity index (χ1) is 8.70. The van der Waals surface area contributed by atoms with Gasteiger partial charge in [-0.2, -0.15) is 13.2 Å². The number of aliphatic carboxylic acids is 1. The molecule has 1 aromatic rings. The van der Waals surface area contributed by atoms with Gasteiger partial charge in [0.05, 0.1) is 6.10 Å². The molecule has 0 aromatic carbocycles. The normalized spacial score (nSPS) is 15.0. The molecule has 1 rings (SSSR count). The molecule has 0 spiro atoms. The van der Waals surface area contributed by atoms with Gasteiger partial charge in [-0.15, -0.1) is 0 Å². The Bertz CT molecular complexity index is 454. The van der Waals surface area contributed by atoms with Crippen LogP contribution >= 0.6 is 11.8 Å². The smallest absolute Gasteiger partial charge is 0.433 e. The fraction of sp³-hybridized carbons (Fsp3) is 0.500. The Morgan fingerprint density at radius 2 is 2.16 bits per heavy atom. The highest BCUT2D eigenvalue weighted by molar-refractivity contribution is 8.00. The first-order valence-corrected chi connectivity index (χ1v) is 6.06. The Morgan fingerprint density at radius 1 is 1.53 bits per heavy atom. The molecule has 0 amide bonds. The summed E-state index contributed by atoms with van der Waals surface area (Å²) in [6, 6.07) is 0.703. The van der Waals surface area contributed by atoms with Gasteiger partial charge in [0.25, 0.3) is 0 Å². The van der Waals surface area contributed by atoms with E-state index in [0.717, 1.165) is 6.20 Å². The third-order valence-electron chi connectivity index (χ3n) is 2.00. The van der Waals surface area contributed by atoms with Crippen molar-refractivity contribution in [2.24, 2.45) is 0 Å². The van der Waals surface area contributed by atoms with E-state index in [0.29, 0.717) is 17.8 Å². The quantitative estimate of drug-likeness (QED) is 0.637. The summed E-state index contributed by atoms with van der Waals surface area (Å²) in [4.78, 5) is 17.8. The van der Waals surface area contributed by atoms with Gasteiger partial charge in [-0.3, -0.25) is 4.79 Å². The van der Waals surface area contributed by atoms with Crippen molar-refractivity contribution in [1.82, 2.24) is 9.97 Å². The average Bonchev–Trinajstić information content (AvgIpc) is 2.26. The van der Waals surface area contributed by atoms with E-state index in [4.69, 9.17) is 10.2 Å². The molecule has 2 N–H and O–H groups in total. The van der Waals surface area contributed by atoms with Crippen molar-refractivity contribution >= 4 is 17.7 Å². The molecule has 1 aromatic heterocycles. The van der Waals surface area contributed by atoms with Gasteiger partial charge in [0.1, 0.15) is 10.9 Å². The summed E-state index contributed by atoms with van der Waals surface area (Å²) in [5, 5.41) is 16.6. The van der Waals surface area contributed by atoms with Crippen LogP contribution in [0.1, 0.15) is 19.0 Å². The molecule has 19 heavy (non-hydrogen) atoms. The second-order valence-corrected chi connectivity index (χ2v) is 4.92. The lowest BCUT2D eigenvalue weighted by atomic mass is 10.2. The highest BCUT2D eigenvalue weighted by atomic mass is 32.2. The summed E-state index contributed by atoms with van der Waals surface area (Å²) in [5.74, 6) is -1.24. The molecular formula is C10H11F3N2O3S. The minimum atomic E-state index is -4.61. The van der Waals surface area contributed by atoms with Crippen LogP contribution in [0.15, 0.2) is 17.4 Å². The van der Waals surface area contributed by atoms with Gasteiger partial charge >= 0.3 is 12.1 Å². The molecule has 0 saturated heterocycles. The van der Waals surface area contributed by atoms with Crippen molar-refractivity contribution in [3.63, 3.8) is 0 Å². The van der Waals surface area contributed by atoms with Crippen molar-refractivity contribution < 1.29 is 28.2 Å². The molecule has 0 aliphatic heterocycles. The Kier molecular flexibility index (Phi) is 5.12. The maximum absolute atomic E-state index is 12.4. The number of aromatic nitrogens is 2. The van der Waals surface area contributed by atoms with Gasteiger partial charge < -0.3 is 10.2 Å². The number of hydrogen-bond acceptors (Lipinski definition) is 5. The number of halogens is 3. The fourth-order valence-corrected chi connectivity index (χ4v) is 2.19. The van der Waals surface area contributed by atoms with E-state index in [1.54, 1.807) is 0 Å². The number of nitrogens with zero attached hydrogens (tertiary/aromatic N) is 2. The van der Waals surface area contributed by atoms with Gasteiger partial charge in [-0.1, -0.05) is 11.8 Å². The summed E-state index contributed by atoms with van der Waals surface area (Å²) in [6.45, 7) is 1.39. The number of carboxylic acids is 1. The number of aliphatic hydroxyl groups is 1. The third-order valence-corrected chi connectivity index (χ3v) is 3.09. The van der Waals surface area contributed by atoms with Crippen molar-refractivity contribution in [3.8, 4) is 0 Å². The van der Waals surface area contributed by atoms with Crippen molar-refractivity contribution in [2.75, 3.05) is 0 Å². The number of hydrogen-bond donors (Lipinski definition) is 2. The van der Waals surface area contributed by atoms with Crippen LogP contribution < -0.4 is 0 Å². The van der Waals surface area contributed by atoms with Crippen LogP contribution in [0.4, 0.5) is 13.2 Å². The maximum Gasteiger partial charge on any atom is 0.433 e. The van der Waals surface area contributed by atoms with Gasteiger partial charge in [0, 0.05) is 6.20 Å². The summed E-state index contributed by atoms with van der Waals surface area (Å²) < 4.78 is 37.3. The molecule has 0 unspecified atom stereocenters. The third kappa shape index (κ3) is 5.03. The molecule has 0 saturated carbocycles. The minimum Gasteiger partial charge on any atom is -0.480 e. The Hall–Kier alpha value is -1.35. The van der Waals surface area contributed by atoms with Gasteiger partial charge in [-0.05, 0) is 19.4 Å². The zero-order chi connectivity index (χ0) is 14.6. The van der Waals surface area contributed by atoms with Crippen LogP contribution in [0.25, 0.3) is 0 Å². The van der Waals surface area contributed by atoms with E-state index in [-0.39, 0.29) is 11.6 Å². The maximum atomic E-state index is 12.4. The molecule has 0 bridgehead atoms. The molecule has 9 heteroatoms. The predicted molar refractivity (Wildman–Crippen MR) is 60.6 cm³/mol. The topological polar surface area (TPSA) is 83.3 Å². The second kappa shape index (κ2) is 6.20. The largest absolute Gasteiger partial charge is 0.480 e. The molecule has 106 valence electrons. The molecule has 0 aliphatic rings. The first-order valence-electron chi connectivity index (χ1n) is 5.18. The molecule has 5 nitrogen and oxygen atoms in total. The standard InChI is InChI=1S/C10H11F3N2O3S/c1-5(16)4-6(8(17)18)19-9-14-3-2-7(15-9)10(11,12)13/h2-3,5-6,16H,4H2,1H3,(H,17,18)/t5-,6-/m1/s1. The lowest BCUT2D eigenvalue weighted by Crippen LogP contribution is -2.22. The number of thioether (sulfide) groups is 1. The van der Waals surface area contributed by atoms with Crippen LogP contribution in [0.5, 0.6) is 0 Å². The monoisotopic (exact) mass is 296 g/mol. The number of aliphatic hydroxyl groups excluding tert-OH is 1. The van der Waals surface area contributed by atoms with Crippen molar-refractivity contribution in [3.05, 3.63) is 18.0 Å². The number of alkyl halides is 3. The molecule has 2 atom stereocenters. The van der Waals surface area contributed by atoms with E-state index in [1.807, 2.05) is 0 Å². The average molecular weight is 296 g/mol. The van der Waals surface area contributed by atoms with Crippen LogP contribution in [0.2, 0.25) is 0 Å². The van der Waals surface area contributed by atoms with E-state index < -0.39 is 29.2 Å². The number of carboxylic acid groups (broad SMARTS) is 1. The number of rotatable bonds is 5. The van der Waals surface area contributed by atoms with Crippen LogP contribution in [-0.2, 0) is 11.0 Å².